The summed E-state index contributed by atoms with van der Waals surface area (Å²) < 4.78 is 0. The van der Waals surface area contributed by atoms with Gasteiger partial charge >= 0.3 is 11.9 Å². The minimum absolute atomic E-state index is 0.266. The van der Waals surface area contributed by atoms with Crippen LogP contribution in [0.5, 0.6) is 0 Å². The molecule has 2 N–H and O–H groups in total. The van der Waals surface area contributed by atoms with Crippen LogP contribution in [0.25, 0.3) is 0 Å². The van der Waals surface area contributed by atoms with Crippen molar-refractivity contribution >= 4 is 43.8 Å². The zero-order valence-electron chi connectivity index (χ0n) is 11.0. The number of hydrogen-bond acceptors (Lipinski definition) is 2. The molecule has 4 aliphatic rings. The van der Waals surface area contributed by atoms with Gasteiger partial charge in [0.25, 0.3) is 0 Å². The van der Waals surface area contributed by atoms with Gasteiger partial charge in [-0.2, -0.15) is 0 Å². The van der Waals surface area contributed by atoms with Gasteiger partial charge in [-0.1, -0.05) is 31.9 Å². The Morgan fingerprint density at radius 1 is 0.900 bits per heavy atom. The van der Waals surface area contributed by atoms with Gasteiger partial charge in [-0.25, -0.2) is 0 Å². The Morgan fingerprint density at radius 2 is 1.25 bits per heavy atom. The molecule has 0 radical (unpaired) electrons. The third kappa shape index (κ3) is 2.05. The van der Waals surface area contributed by atoms with Crippen molar-refractivity contribution in [3.8, 4) is 0 Å². The molecule has 0 saturated heterocycles. The van der Waals surface area contributed by atoms with E-state index in [-0.39, 0.29) is 10.8 Å². The number of carbonyl (C=O) groups is 2. The average Bonchev–Trinajstić information content (AvgIpc) is 2.35. The van der Waals surface area contributed by atoms with Gasteiger partial charge in [0.2, 0.25) is 0 Å². The van der Waals surface area contributed by atoms with E-state index in [0.717, 1.165) is 32.1 Å². The summed E-state index contributed by atoms with van der Waals surface area (Å²) in [4.78, 5) is 21.8. The lowest BCUT2D eigenvalue weighted by Gasteiger charge is -2.63. The van der Waals surface area contributed by atoms with Gasteiger partial charge in [0, 0.05) is 0 Å². The second-order valence-electron chi connectivity index (χ2n) is 7.09. The maximum Gasteiger partial charge on any atom is 0.317 e. The average molecular weight is 410 g/mol. The van der Waals surface area contributed by atoms with Crippen LogP contribution in [0, 0.1) is 22.7 Å². The maximum atomic E-state index is 11.4. The molecule has 20 heavy (non-hydrogen) atoms. The van der Waals surface area contributed by atoms with E-state index in [0.29, 0.717) is 18.3 Å². The normalized spacial score (nSPS) is 45.1. The Morgan fingerprint density at radius 3 is 1.55 bits per heavy atom. The predicted molar refractivity (Wildman–Crippen MR) is 80.2 cm³/mol. The van der Waals surface area contributed by atoms with Crippen molar-refractivity contribution < 1.29 is 19.8 Å². The third-order valence-corrected chi connectivity index (χ3v) is 8.39. The first kappa shape index (κ1) is 14.8. The minimum atomic E-state index is -0.816. The van der Waals surface area contributed by atoms with Crippen molar-refractivity contribution in [1.82, 2.24) is 0 Å². The fourth-order valence-electron chi connectivity index (χ4n) is 5.52. The van der Waals surface area contributed by atoms with Gasteiger partial charge in [0.15, 0.2) is 0 Å². The predicted octanol–water partition coefficient (Wildman–Crippen LogP) is 3.27. The Bertz CT molecular complexity index is 412. The molecule has 4 nitrogen and oxygen atoms in total. The quantitative estimate of drug-likeness (QED) is 0.698. The first-order valence-electron chi connectivity index (χ1n) is 7.02. The number of alkyl halides is 2. The maximum absolute atomic E-state index is 11.4. The highest BCUT2D eigenvalue weighted by atomic mass is 79.9. The zero-order valence-corrected chi connectivity index (χ0v) is 14.2. The van der Waals surface area contributed by atoms with Gasteiger partial charge in [0.05, 0.1) is 0 Å². The summed E-state index contributed by atoms with van der Waals surface area (Å²) >= 11 is 6.76. The van der Waals surface area contributed by atoms with Crippen molar-refractivity contribution in [3.05, 3.63) is 0 Å². The van der Waals surface area contributed by atoms with E-state index in [1.165, 1.54) is 0 Å². The second-order valence-corrected chi connectivity index (χ2v) is 8.92. The molecule has 4 rings (SSSR count). The molecule has 4 bridgehead atoms. The smallest absolute Gasteiger partial charge is 0.317 e. The number of hydrogen-bond donors (Lipinski definition) is 2. The molecule has 6 heteroatoms. The second kappa shape index (κ2) is 4.70. The van der Waals surface area contributed by atoms with Gasteiger partial charge in [-0.15, -0.1) is 0 Å². The van der Waals surface area contributed by atoms with Crippen LogP contribution in [0.2, 0.25) is 0 Å². The van der Waals surface area contributed by atoms with E-state index in [9.17, 15) is 19.8 Å². The molecular formula is C14H18Br2O4. The van der Waals surface area contributed by atoms with E-state index in [2.05, 4.69) is 31.9 Å². The molecular weight excluding hydrogens is 392 g/mol. The summed E-state index contributed by atoms with van der Waals surface area (Å²) in [7, 11) is 0. The van der Waals surface area contributed by atoms with E-state index >= 15 is 0 Å². The molecule has 0 heterocycles. The Hall–Kier alpha value is -0.100. The minimum Gasteiger partial charge on any atom is -0.480 e. The van der Waals surface area contributed by atoms with E-state index in [1.807, 2.05) is 0 Å². The Balaban J connectivity index is 1.97. The first-order chi connectivity index (χ1) is 9.28. The van der Waals surface area contributed by atoms with Crippen LogP contribution < -0.4 is 0 Å². The number of halogens is 2. The zero-order chi connectivity index (χ0) is 14.7. The third-order valence-electron chi connectivity index (χ3n) is 5.66. The summed E-state index contributed by atoms with van der Waals surface area (Å²) in [5.74, 6) is -0.669. The molecule has 0 aromatic rings. The largest absolute Gasteiger partial charge is 0.480 e. The van der Waals surface area contributed by atoms with E-state index in [4.69, 9.17) is 0 Å². The topological polar surface area (TPSA) is 74.6 Å². The van der Waals surface area contributed by atoms with Crippen LogP contribution in [0.4, 0.5) is 0 Å². The van der Waals surface area contributed by atoms with Crippen molar-refractivity contribution in [2.24, 2.45) is 22.7 Å². The van der Waals surface area contributed by atoms with Crippen molar-refractivity contribution in [3.63, 3.8) is 0 Å². The molecule has 0 aromatic heterocycles. The Labute approximate surface area is 134 Å². The molecule has 0 spiro atoms. The molecule has 4 fully saturated rings. The molecule has 2 atom stereocenters. The lowest BCUT2D eigenvalue weighted by Crippen LogP contribution is -2.59. The van der Waals surface area contributed by atoms with Crippen molar-refractivity contribution in [2.75, 3.05) is 0 Å². The van der Waals surface area contributed by atoms with Gasteiger partial charge in [-0.3, -0.25) is 9.59 Å². The molecule has 2 unspecified atom stereocenters. The number of aliphatic carboxylic acids is 2. The molecule has 4 aliphatic carbocycles. The lowest BCUT2D eigenvalue weighted by atomic mass is 9.43. The summed E-state index contributed by atoms with van der Waals surface area (Å²) in [5, 5.41) is 18.8. The van der Waals surface area contributed by atoms with Gasteiger partial charge in [-0.05, 0) is 61.2 Å². The standard InChI is InChI=1S/C14H18Br2O4/c15-9(11(17)18)13-2-7-1-8(4-13)5-14(3-7,6-13)10(16)12(19)20/h7-10H,1-6H2,(H,17,18)(H,19,20). The Kier molecular flexibility index (Phi) is 3.48. The highest BCUT2D eigenvalue weighted by molar-refractivity contribution is 9.10. The van der Waals surface area contributed by atoms with Gasteiger partial charge in [0.1, 0.15) is 9.65 Å². The van der Waals surface area contributed by atoms with Crippen LogP contribution in [0.15, 0.2) is 0 Å². The summed E-state index contributed by atoms with van der Waals surface area (Å²) in [5.41, 5.74) is -0.533. The first-order valence-corrected chi connectivity index (χ1v) is 8.85. The summed E-state index contributed by atoms with van der Waals surface area (Å²) in [6.45, 7) is 0. The number of carboxylic acids is 2. The van der Waals surface area contributed by atoms with Gasteiger partial charge < -0.3 is 10.2 Å². The van der Waals surface area contributed by atoms with Crippen LogP contribution >= 0.6 is 31.9 Å². The lowest BCUT2D eigenvalue weighted by molar-refractivity contribution is -0.156. The summed E-state index contributed by atoms with van der Waals surface area (Å²) in [6, 6.07) is 0. The van der Waals surface area contributed by atoms with Crippen LogP contribution in [-0.2, 0) is 9.59 Å². The summed E-state index contributed by atoms with van der Waals surface area (Å²) in [6.07, 6.45) is 5.54. The van der Waals surface area contributed by atoms with Crippen LogP contribution in [0.3, 0.4) is 0 Å². The van der Waals surface area contributed by atoms with Crippen LogP contribution in [-0.4, -0.2) is 31.8 Å². The number of carboxylic acid groups (broad SMARTS) is 2. The van der Waals surface area contributed by atoms with E-state index < -0.39 is 21.6 Å². The highest BCUT2D eigenvalue weighted by Crippen LogP contribution is 2.68. The molecule has 0 aliphatic heterocycles. The molecule has 112 valence electrons. The molecule has 4 saturated carbocycles. The molecule has 0 amide bonds. The van der Waals surface area contributed by atoms with Crippen LogP contribution in [0.1, 0.15) is 38.5 Å². The number of rotatable bonds is 4. The van der Waals surface area contributed by atoms with Crippen molar-refractivity contribution in [2.45, 2.75) is 48.2 Å². The SMILES string of the molecule is O=C(O)C(Br)C12CC3CC(C1)CC(C(Br)C(=O)O)(C3)C2. The van der Waals surface area contributed by atoms with E-state index in [1.54, 1.807) is 0 Å². The highest BCUT2D eigenvalue weighted by Gasteiger charge is 2.63. The molecule has 0 aromatic carbocycles. The monoisotopic (exact) mass is 408 g/mol. The fraction of sp³-hybridized carbons (Fsp3) is 0.857. The fourth-order valence-corrected chi connectivity index (χ4v) is 6.59. The van der Waals surface area contributed by atoms with Crippen molar-refractivity contribution in [1.29, 1.82) is 0 Å².